The van der Waals surface area contributed by atoms with E-state index in [1.54, 1.807) is 20.1 Å². The second kappa shape index (κ2) is 10.2. The Morgan fingerprint density at radius 2 is 1.83 bits per heavy atom. The molecule has 0 bridgehead atoms. The van der Waals surface area contributed by atoms with Crippen molar-refractivity contribution in [3.8, 4) is 0 Å². The van der Waals surface area contributed by atoms with Crippen LogP contribution in [0.25, 0.3) is 0 Å². The Hall–Kier alpha value is -2.20. The van der Waals surface area contributed by atoms with Gasteiger partial charge in [0.2, 0.25) is 15.8 Å². The molecule has 2 aromatic rings. The molecule has 1 aromatic carbocycles. The van der Waals surface area contributed by atoms with E-state index in [4.69, 9.17) is 21.1 Å². The number of nitrogens with one attached hydrogen (secondary N) is 1. The minimum absolute atomic E-state index is 0.0360. The smallest absolute Gasteiger partial charge is 0.324 e. The third kappa shape index (κ3) is 5.91. The Morgan fingerprint density at radius 3 is 2.43 bits per heavy atom. The summed E-state index contributed by atoms with van der Waals surface area (Å²) in [5, 5.41) is 0.390. The number of rotatable bonds is 10. The highest BCUT2D eigenvalue weighted by Crippen LogP contribution is 2.17. The Morgan fingerprint density at radius 1 is 1.20 bits per heavy atom. The lowest BCUT2D eigenvalue weighted by Crippen LogP contribution is -2.40. The van der Waals surface area contributed by atoms with E-state index in [2.05, 4.69) is 4.72 Å². The maximum Gasteiger partial charge on any atom is 0.324 e. The molecule has 0 aliphatic carbocycles. The quantitative estimate of drug-likeness (QED) is 0.435. The molecule has 1 heterocycles. The van der Waals surface area contributed by atoms with Crippen LogP contribution < -0.4 is 4.72 Å². The molecular formula is C20H25ClN2O6S. The van der Waals surface area contributed by atoms with Crippen molar-refractivity contribution in [3.63, 3.8) is 0 Å². The van der Waals surface area contributed by atoms with Gasteiger partial charge in [0.15, 0.2) is 6.61 Å². The Bertz CT molecular complexity index is 1010. The van der Waals surface area contributed by atoms with Crippen molar-refractivity contribution >= 4 is 33.4 Å². The zero-order valence-corrected chi connectivity index (χ0v) is 18.8. The third-order valence-electron chi connectivity index (χ3n) is 4.55. The zero-order valence-electron chi connectivity index (χ0n) is 17.3. The van der Waals surface area contributed by atoms with Crippen LogP contribution in [0.3, 0.4) is 0 Å². The first-order valence-electron chi connectivity index (χ1n) is 9.20. The Balaban J connectivity index is 1.98. The van der Waals surface area contributed by atoms with Crippen LogP contribution in [-0.4, -0.2) is 51.1 Å². The van der Waals surface area contributed by atoms with E-state index in [0.717, 1.165) is 11.4 Å². The van der Waals surface area contributed by atoms with Crippen molar-refractivity contribution in [2.75, 3.05) is 20.3 Å². The minimum Gasteiger partial charge on any atom is -0.456 e. The van der Waals surface area contributed by atoms with Gasteiger partial charge < -0.3 is 14.0 Å². The Kier molecular flexibility index (Phi) is 8.19. The molecule has 1 aromatic heterocycles. The highest BCUT2D eigenvalue weighted by atomic mass is 35.5. The van der Waals surface area contributed by atoms with Crippen molar-refractivity contribution in [2.24, 2.45) is 0 Å². The summed E-state index contributed by atoms with van der Waals surface area (Å²) in [7, 11) is -2.34. The number of hydrogen-bond donors (Lipinski definition) is 1. The normalized spacial score (nSPS) is 12.6. The van der Waals surface area contributed by atoms with Gasteiger partial charge in [-0.2, -0.15) is 4.72 Å². The molecule has 1 atom stereocenters. The van der Waals surface area contributed by atoms with Crippen LogP contribution in [0.2, 0.25) is 5.02 Å². The SMILES string of the molecule is COCCn1c(C)cc(C(=O)COC(=O)C(C)NS(=O)(=O)c2ccc(Cl)cc2)c1C. The lowest BCUT2D eigenvalue weighted by Gasteiger charge is -2.14. The highest BCUT2D eigenvalue weighted by Gasteiger charge is 2.24. The van der Waals surface area contributed by atoms with Crippen molar-refractivity contribution in [1.82, 2.24) is 9.29 Å². The number of aromatic nitrogens is 1. The van der Waals surface area contributed by atoms with Gasteiger partial charge in [-0.05, 0) is 51.1 Å². The molecule has 1 N–H and O–H groups in total. The number of ketones is 1. The van der Waals surface area contributed by atoms with Gasteiger partial charge in [-0.15, -0.1) is 0 Å². The number of halogens is 1. The van der Waals surface area contributed by atoms with Gasteiger partial charge >= 0.3 is 5.97 Å². The molecule has 10 heteroatoms. The number of hydrogen-bond acceptors (Lipinski definition) is 6. The van der Waals surface area contributed by atoms with Gasteiger partial charge in [0, 0.05) is 35.6 Å². The maximum atomic E-state index is 12.5. The topological polar surface area (TPSA) is 104 Å². The lowest BCUT2D eigenvalue weighted by atomic mass is 10.1. The van der Waals surface area contributed by atoms with Crippen molar-refractivity contribution in [3.05, 3.63) is 52.3 Å². The molecule has 2 rings (SSSR count). The van der Waals surface area contributed by atoms with Crippen molar-refractivity contribution in [2.45, 2.75) is 38.3 Å². The molecule has 8 nitrogen and oxygen atoms in total. The minimum atomic E-state index is -3.94. The second-order valence-electron chi connectivity index (χ2n) is 6.76. The molecule has 1 unspecified atom stereocenters. The molecule has 30 heavy (non-hydrogen) atoms. The average Bonchev–Trinajstić information content (AvgIpc) is 2.97. The third-order valence-corrected chi connectivity index (χ3v) is 6.36. The fourth-order valence-corrected chi connectivity index (χ4v) is 4.23. The molecule has 164 valence electrons. The molecule has 0 fully saturated rings. The van der Waals surface area contributed by atoms with Gasteiger partial charge in [-0.25, -0.2) is 8.42 Å². The molecular weight excluding hydrogens is 432 g/mol. The number of ether oxygens (including phenoxy) is 2. The number of benzene rings is 1. The Labute approximate surface area is 181 Å². The van der Waals surface area contributed by atoms with Crippen molar-refractivity contribution < 1.29 is 27.5 Å². The van der Waals surface area contributed by atoms with E-state index in [9.17, 15) is 18.0 Å². The number of methoxy groups -OCH3 is 1. The van der Waals surface area contributed by atoms with Gasteiger partial charge in [0.05, 0.1) is 11.5 Å². The van der Waals surface area contributed by atoms with Crippen LogP contribution in [0.15, 0.2) is 35.2 Å². The van der Waals surface area contributed by atoms with Crippen LogP contribution in [0.1, 0.15) is 28.7 Å². The summed E-state index contributed by atoms with van der Waals surface area (Å²) in [6, 6.07) is 6.07. The van der Waals surface area contributed by atoms with E-state index in [-0.39, 0.29) is 10.7 Å². The molecule has 0 saturated heterocycles. The summed E-state index contributed by atoms with van der Waals surface area (Å²) in [4.78, 5) is 24.7. The first kappa shape index (κ1) is 24.1. The summed E-state index contributed by atoms with van der Waals surface area (Å²) >= 11 is 5.76. The fourth-order valence-electron chi connectivity index (χ4n) is 2.91. The molecule has 0 amide bonds. The van der Waals surface area contributed by atoms with Crippen LogP contribution in [0.4, 0.5) is 0 Å². The van der Waals surface area contributed by atoms with Gasteiger partial charge in [-0.1, -0.05) is 11.6 Å². The van der Waals surface area contributed by atoms with Crippen LogP contribution in [-0.2, 0) is 30.8 Å². The van der Waals surface area contributed by atoms with Crippen LogP contribution >= 0.6 is 11.6 Å². The summed E-state index contributed by atoms with van der Waals surface area (Å²) in [5.41, 5.74) is 2.09. The van der Waals surface area contributed by atoms with Gasteiger partial charge in [-0.3, -0.25) is 9.59 Å². The molecule has 0 aliphatic rings. The van der Waals surface area contributed by atoms with E-state index in [1.165, 1.54) is 31.2 Å². The standard InChI is InChI=1S/C20H25ClN2O6S/c1-13-11-18(15(3)23(13)9-10-28-4)19(24)12-29-20(25)14(2)22-30(26,27)17-7-5-16(21)6-8-17/h5-8,11,14,22H,9-10,12H2,1-4H3. The fraction of sp³-hybridized carbons (Fsp3) is 0.400. The molecule has 0 radical (unpaired) electrons. The summed E-state index contributed by atoms with van der Waals surface area (Å²) in [6.45, 7) is 5.64. The van der Waals surface area contributed by atoms with Gasteiger partial charge in [0.1, 0.15) is 6.04 Å². The number of carbonyl (C=O) groups is 2. The van der Waals surface area contributed by atoms with E-state index in [0.29, 0.717) is 23.7 Å². The molecule has 0 spiro atoms. The van der Waals surface area contributed by atoms with Gasteiger partial charge in [0.25, 0.3) is 0 Å². The second-order valence-corrected chi connectivity index (χ2v) is 8.91. The van der Waals surface area contributed by atoms with E-state index < -0.39 is 28.6 Å². The zero-order chi connectivity index (χ0) is 22.5. The first-order chi connectivity index (χ1) is 14.1. The number of sulfonamides is 1. The van der Waals surface area contributed by atoms with E-state index in [1.807, 2.05) is 11.5 Å². The number of aryl methyl sites for hydroxylation is 1. The molecule has 0 aliphatic heterocycles. The summed E-state index contributed by atoms with van der Waals surface area (Å²) in [6.07, 6.45) is 0. The number of nitrogens with zero attached hydrogens (tertiary/aromatic N) is 1. The monoisotopic (exact) mass is 456 g/mol. The average molecular weight is 457 g/mol. The number of Topliss-reactive ketones (excluding diaryl/α,β-unsaturated/α-hetero) is 1. The summed E-state index contributed by atoms with van der Waals surface area (Å²) in [5.74, 6) is -1.22. The predicted molar refractivity (Wildman–Crippen MR) is 112 cm³/mol. The number of esters is 1. The summed E-state index contributed by atoms with van der Waals surface area (Å²) < 4.78 is 39.0. The predicted octanol–water partition coefficient (Wildman–Crippen LogP) is 2.50. The van der Waals surface area contributed by atoms with Crippen LogP contribution in [0, 0.1) is 13.8 Å². The lowest BCUT2D eigenvalue weighted by molar-refractivity contribution is -0.144. The molecule has 0 saturated carbocycles. The van der Waals surface area contributed by atoms with Crippen molar-refractivity contribution in [1.29, 1.82) is 0 Å². The number of carbonyl (C=O) groups excluding carboxylic acids is 2. The van der Waals surface area contributed by atoms with Crippen LogP contribution in [0.5, 0.6) is 0 Å². The van der Waals surface area contributed by atoms with E-state index >= 15 is 0 Å². The maximum absolute atomic E-state index is 12.5. The first-order valence-corrected chi connectivity index (χ1v) is 11.1. The highest BCUT2D eigenvalue weighted by molar-refractivity contribution is 7.89. The largest absolute Gasteiger partial charge is 0.456 e.